The van der Waals surface area contributed by atoms with Gasteiger partial charge in [-0.15, -0.1) is 0 Å². The van der Waals surface area contributed by atoms with Crippen molar-refractivity contribution >= 4 is 11.6 Å². The molecule has 8 nitrogen and oxygen atoms in total. The molecule has 194 valence electrons. The number of amides is 1. The Morgan fingerprint density at radius 2 is 1.78 bits per heavy atom. The second-order valence-electron chi connectivity index (χ2n) is 10.0. The molecule has 3 saturated heterocycles. The number of hydrogen-bond donors (Lipinski definition) is 2. The molecule has 0 aliphatic carbocycles. The number of likely N-dealkylation sites (tertiary alicyclic amines) is 1. The van der Waals surface area contributed by atoms with Gasteiger partial charge in [-0.25, -0.2) is 0 Å². The Hall–Kier alpha value is -2.33. The highest BCUT2D eigenvalue weighted by atomic mass is 16.7. The summed E-state index contributed by atoms with van der Waals surface area (Å²) >= 11 is 0. The molecule has 4 atom stereocenters. The molecule has 1 spiro atoms. The highest BCUT2D eigenvalue weighted by Gasteiger charge is 2.43. The van der Waals surface area contributed by atoms with Crippen molar-refractivity contribution in [2.75, 3.05) is 38.2 Å². The molecule has 3 aliphatic rings. The standard InChI is InChI=1S/C28H36N2O6/c1-19-25(17-30-12-10-28(11-13-30)33-14-15-34-28)35-27(23-4-3-5-24(16-23)29-20(2)32)36-26(19)22-8-6-21(18-31)7-9-22/h3-9,16,19,25-27,31H,10-15,17-18H2,1-2H3,(H,29,32)/t19-,25+,26+,27+/m0/s1. The van der Waals surface area contributed by atoms with Crippen molar-refractivity contribution < 1.29 is 28.8 Å². The number of carbonyl (C=O) groups is 1. The lowest BCUT2D eigenvalue weighted by Crippen LogP contribution is -2.50. The molecule has 36 heavy (non-hydrogen) atoms. The van der Waals surface area contributed by atoms with Crippen LogP contribution in [0.4, 0.5) is 5.69 Å². The van der Waals surface area contributed by atoms with Gasteiger partial charge in [0.1, 0.15) is 0 Å². The van der Waals surface area contributed by atoms with Gasteiger partial charge in [0.05, 0.1) is 32.0 Å². The number of piperidine rings is 1. The number of nitrogens with one attached hydrogen (secondary N) is 1. The van der Waals surface area contributed by atoms with Gasteiger partial charge < -0.3 is 34.3 Å². The summed E-state index contributed by atoms with van der Waals surface area (Å²) in [6.45, 7) is 7.61. The van der Waals surface area contributed by atoms with Crippen molar-refractivity contribution in [3.05, 3.63) is 65.2 Å². The number of carbonyl (C=O) groups excluding carboxylic acids is 1. The highest BCUT2D eigenvalue weighted by molar-refractivity contribution is 5.88. The van der Waals surface area contributed by atoms with Crippen molar-refractivity contribution in [2.24, 2.45) is 5.92 Å². The van der Waals surface area contributed by atoms with E-state index in [4.69, 9.17) is 18.9 Å². The van der Waals surface area contributed by atoms with E-state index in [1.165, 1.54) is 6.92 Å². The van der Waals surface area contributed by atoms with E-state index < -0.39 is 12.1 Å². The van der Waals surface area contributed by atoms with Crippen LogP contribution in [0.5, 0.6) is 0 Å². The molecule has 3 aliphatic heterocycles. The Balaban J connectivity index is 1.36. The van der Waals surface area contributed by atoms with E-state index in [0.717, 1.165) is 49.2 Å². The Bertz CT molecular complexity index is 1030. The largest absolute Gasteiger partial charge is 0.392 e. The fourth-order valence-corrected chi connectivity index (χ4v) is 5.41. The van der Waals surface area contributed by atoms with Crippen LogP contribution < -0.4 is 5.32 Å². The average molecular weight is 497 g/mol. The van der Waals surface area contributed by atoms with Gasteiger partial charge >= 0.3 is 0 Å². The fourth-order valence-electron chi connectivity index (χ4n) is 5.41. The van der Waals surface area contributed by atoms with Gasteiger partial charge in [-0.05, 0) is 23.3 Å². The quantitative estimate of drug-likeness (QED) is 0.629. The number of aliphatic hydroxyl groups is 1. The Kier molecular flexibility index (Phi) is 7.71. The lowest BCUT2D eigenvalue weighted by molar-refractivity contribution is -0.278. The average Bonchev–Trinajstić information content (AvgIpc) is 3.34. The minimum atomic E-state index is -0.569. The maximum absolute atomic E-state index is 11.6. The molecule has 3 fully saturated rings. The van der Waals surface area contributed by atoms with Crippen LogP contribution in [0.1, 0.15) is 55.8 Å². The van der Waals surface area contributed by atoms with Crippen molar-refractivity contribution in [1.29, 1.82) is 0 Å². The van der Waals surface area contributed by atoms with Crippen LogP contribution in [-0.2, 0) is 30.3 Å². The normalized spacial score (nSPS) is 28.3. The van der Waals surface area contributed by atoms with E-state index in [1.54, 1.807) is 0 Å². The Labute approximate surface area is 212 Å². The Morgan fingerprint density at radius 1 is 1.06 bits per heavy atom. The van der Waals surface area contributed by atoms with E-state index in [2.05, 4.69) is 17.1 Å². The second-order valence-corrected chi connectivity index (χ2v) is 10.0. The summed E-state index contributed by atoms with van der Waals surface area (Å²) in [5.41, 5.74) is 3.50. The zero-order valence-electron chi connectivity index (χ0n) is 21.0. The first kappa shape index (κ1) is 25.3. The maximum Gasteiger partial charge on any atom is 0.221 e. The number of ether oxygens (including phenoxy) is 4. The molecular formula is C28H36N2O6. The summed E-state index contributed by atoms with van der Waals surface area (Å²) in [6.07, 6.45) is 0.913. The molecule has 0 unspecified atom stereocenters. The highest BCUT2D eigenvalue weighted by Crippen LogP contribution is 2.42. The predicted octanol–water partition coefficient (Wildman–Crippen LogP) is 3.77. The van der Waals surface area contributed by atoms with Gasteiger partial charge in [0.2, 0.25) is 5.91 Å². The topological polar surface area (TPSA) is 89.5 Å². The van der Waals surface area contributed by atoms with Gasteiger partial charge in [-0.2, -0.15) is 0 Å². The van der Waals surface area contributed by atoms with Gasteiger partial charge in [-0.1, -0.05) is 43.3 Å². The lowest BCUT2D eigenvalue weighted by atomic mass is 9.89. The molecule has 5 rings (SSSR count). The number of rotatable bonds is 6. The fraction of sp³-hybridized carbons (Fsp3) is 0.536. The smallest absolute Gasteiger partial charge is 0.221 e. The SMILES string of the molecule is CC(=O)Nc1cccc([C@@H]2O[C@H](CN3CCC4(CC3)OCCO4)[C@H](C)[C@H](c3ccc(CO)cc3)O2)c1. The van der Waals surface area contributed by atoms with Gasteiger partial charge in [0, 0.05) is 56.6 Å². The molecule has 2 aromatic carbocycles. The third kappa shape index (κ3) is 5.64. The summed E-state index contributed by atoms with van der Waals surface area (Å²) in [4.78, 5) is 14.0. The van der Waals surface area contributed by atoms with E-state index in [0.29, 0.717) is 18.9 Å². The van der Waals surface area contributed by atoms with Crippen LogP contribution in [0.25, 0.3) is 0 Å². The van der Waals surface area contributed by atoms with E-state index in [9.17, 15) is 9.90 Å². The lowest BCUT2D eigenvalue weighted by Gasteiger charge is -2.44. The molecule has 2 N–H and O–H groups in total. The van der Waals surface area contributed by atoms with Gasteiger partial charge in [0.25, 0.3) is 0 Å². The zero-order valence-corrected chi connectivity index (χ0v) is 21.0. The van der Waals surface area contributed by atoms with Crippen LogP contribution in [0.3, 0.4) is 0 Å². The maximum atomic E-state index is 11.6. The monoisotopic (exact) mass is 496 g/mol. The zero-order chi connectivity index (χ0) is 25.1. The second kappa shape index (κ2) is 11.0. The number of nitrogens with zero attached hydrogens (tertiary/aromatic N) is 1. The first-order chi connectivity index (χ1) is 17.4. The van der Waals surface area contributed by atoms with Crippen LogP contribution in [0.15, 0.2) is 48.5 Å². The van der Waals surface area contributed by atoms with Crippen LogP contribution in [0.2, 0.25) is 0 Å². The molecular weight excluding hydrogens is 460 g/mol. The van der Waals surface area contributed by atoms with Gasteiger partial charge in [-0.3, -0.25) is 4.79 Å². The minimum Gasteiger partial charge on any atom is -0.392 e. The van der Waals surface area contributed by atoms with E-state index >= 15 is 0 Å². The minimum absolute atomic E-state index is 0.00946. The third-order valence-electron chi connectivity index (χ3n) is 7.47. The number of benzene rings is 2. The number of hydrogen-bond acceptors (Lipinski definition) is 7. The van der Waals surface area contributed by atoms with Crippen molar-refractivity contribution in [1.82, 2.24) is 4.90 Å². The van der Waals surface area contributed by atoms with Crippen LogP contribution in [-0.4, -0.2) is 60.7 Å². The first-order valence-electron chi connectivity index (χ1n) is 12.8. The van der Waals surface area contributed by atoms with Crippen LogP contribution in [0, 0.1) is 5.92 Å². The molecule has 3 heterocycles. The summed E-state index contributed by atoms with van der Waals surface area (Å²) < 4.78 is 24.9. The summed E-state index contributed by atoms with van der Waals surface area (Å²) in [7, 11) is 0. The summed E-state index contributed by atoms with van der Waals surface area (Å²) in [5, 5.41) is 12.3. The van der Waals surface area contributed by atoms with Crippen molar-refractivity contribution in [2.45, 2.75) is 57.6 Å². The molecule has 8 heteroatoms. The van der Waals surface area contributed by atoms with Gasteiger partial charge in [0.15, 0.2) is 12.1 Å². The van der Waals surface area contributed by atoms with Crippen LogP contribution >= 0.6 is 0 Å². The first-order valence-corrected chi connectivity index (χ1v) is 12.8. The van der Waals surface area contributed by atoms with E-state index in [-0.39, 0.29) is 30.6 Å². The molecule has 0 bridgehead atoms. The summed E-state index contributed by atoms with van der Waals surface area (Å²) in [6, 6.07) is 15.6. The van der Waals surface area contributed by atoms with E-state index in [1.807, 2.05) is 48.5 Å². The number of anilines is 1. The predicted molar refractivity (Wildman–Crippen MR) is 134 cm³/mol. The number of aliphatic hydroxyl groups excluding tert-OH is 1. The van der Waals surface area contributed by atoms with Crippen molar-refractivity contribution in [3.63, 3.8) is 0 Å². The Morgan fingerprint density at radius 3 is 2.44 bits per heavy atom. The molecule has 0 saturated carbocycles. The molecule has 2 aromatic rings. The summed E-state index contributed by atoms with van der Waals surface area (Å²) in [5.74, 6) is -0.416. The van der Waals surface area contributed by atoms with Crippen molar-refractivity contribution in [3.8, 4) is 0 Å². The molecule has 0 aromatic heterocycles. The molecule has 0 radical (unpaired) electrons. The third-order valence-corrected chi connectivity index (χ3v) is 7.47. The molecule has 1 amide bonds.